The molecular formula is C13H16O4. The normalized spacial score (nSPS) is 12.1. The van der Waals surface area contributed by atoms with Crippen LogP contribution in [0.4, 0.5) is 0 Å². The summed E-state index contributed by atoms with van der Waals surface area (Å²) in [6, 6.07) is 9.64. The molecule has 0 fully saturated rings. The van der Waals surface area contributed by atoms with E-state index in [2.05, 4.69) is 0 Å². The summed E-state index contributed by atoms with van der Waals surface area (Å²) in [5.74, 6) is -1.58. The van der Waals surface area contributed by atoms with E-state index in [1.54, 1.807) is 0 Å². The van der Waals surface area contributed by atoms with E-state index in [1.165, 1.54) is 0 Å². The molecule has 0 aliphatic carbocycles. The number of hydrogen-bond acceptors (Lipinski definition) is 3. The van der Waals surface area contributed by atoms with Gasteiger partial charge in [0, 0.05) is 6.42 Å². The van der Waals surface area contributed by atoms with Crippen LogP contribution in [0.15, 0.2) is 30.3 Å². The molecular weight excluding hydrogens is 220 g/mol. The van der Waals surface area contributed by atoms with Crippen LogP contribution in [0.5, 0.6) is 0 Å². The lowest BCUT2D eigenvalue weighted by atomic mass is 10.0. The summed E-state index contributed by atoms with van der Waals surface area (Å²) in [5, 5.41) is 18.0. The van der Waals surface area contributed by atoms with Crippen LogP contribution in [0.1, 0.15) is 24.8 Å². The largest absolute Gasteiger partial charge is 0.481 e. The van der Waals surface area contributed by atoms with Gasteiger partial charge < -0.3 is 10.2 Å². The summed E-state index contributed by atoms with van der Waals surface area (Å²) in [6.07, 6.45) is -0.207. The number of carbonyl (C=O) groups is 2. The van der Waals surface area contributed by atoms with E-state index >= 15 is 0 Å². The molecule has 1 rings (SSSR count). The monoisotopic (exact) mass is 236 g/mol. The Labute approximate surface area is 99.9 Å². The standard InChI is InChI=1S/C13H16O4/c14-11(8-12(15)9-13(16)17)7-6-10-4-2-1-3-5-10/h1-5,11,14H,6-9H2,(H,16,17). The zero-order valence-corrected chi connectivity index (χ0v) is 9.50. The minimum absolute atomic E-state index is 0.0842. The van der Waals surface area contributed by atoms with E-state index in [4.69, 9.17) is 5.11 Å². The van der Waals surface area contributed by atoms with Crippen molar-refractivity contribution in [1.82, 2.24) is 0 Å². The molecule has 0 saturated carbocycles. The van der Waals surface area contributed by atoms with Gasteiger partial charge in [-0.25, -0.2) is 0 Å². The van der Waals surface area contributed by atoms with Crippen LogP contribution in [0.2, 0.25) is 0 Å². The van der Waals surface area contributed by atoms with Crippen LogP contribution in [0.3, 0.4) is 0 Å². The second-order valence-corrected chi connectivity index (χ2v) is 3.99. The van der Waals surface area contributed by atoms with E-state index in [1.807, 2.05) is 30.3 Å². The Morgan fingerprint density at radius 1 is 1.18 bits per heavy atom. The first kappa shape index (κ1) is 13.4. The number of aliphatic hydroxyl groups is 1. The summed E-state index contributed by atoms with van der Waals surface area (Å²) >= 11 is 0. The van der Waals surface area contributed by atoms with Gasteiger partial charge in [0.05, 0.1) is 6.10 Å². The SMILES string of the molecule is O=C(O)CC(=O)CC(O)CCc1ccccc1. The number of aryl methyl sites for hydroxylation is 1. The first-order valence-electron chi connectivity index (χ1n) is 5.53. The van der Waals surface area contributed by atoms with Crippen molar-refractivity contribution in [3.05, 3.63) is 35.9 Å². The van der Waals surface area contributed by atoms with Crippen molar-refractivity contribution in [2.75, 3.05) is 0 Å². The Hall–Kier alpha value is -1.68. The van der Waals surface area contributed by atoms with Gasteiger partial charge in [0.2, 0.25) is 0 Å². The fourth-order valence-electron chi connectivity index (χ4n) is 1.58. The average Bonchev–Trinajstić information content (AvgIpc) is 2.26. The highest BCUT2D eigenvalue weighted by atomic mass is 16.4. The second kappa shape index (κ2) is 6.81. The Balaban J connectivity index is 2.28. The zero-order chi connectivity index (χ0) is 12.7. The molecule has 0 heterocycles. The molecule has 0 aromatic heterocycles. The third-order valence-electron chi connectivity index (χ3n) is 2.42. The van der Waals surface area contributed by atoms with Gasteiger partial charge in [0.15, 0.2) is 0 Å². The van der Waals surface area contributed by atoms with Gasteiger partial charge in [-0.15, -0.1) is 0 Å². The molecule has 1 aromatic carbocycles. The van der Waals surface area contributed by atoms with Crippen LogP contribution >= 0.6 is 0 Å². The minimum Gasteiger partial charge on any atom is -0.481 e. The van der Waals surface area contributed by atoms with E-state index < -0.39 is 24.3 Å². The van der Waals surface area contributed by atoms with Gasteiger partial charge in [-0.1, -0.05) is 30.3 Å². The predicted molar refractivity (Wildman–Crippen MR) is 62.6 cm³/mol. The van der Waals surface area contributed by atoms with Crippen molar-refractivity contribution in [2.45, 2.75) is 31.8 Å². The topological polar surface area (TPSA) is 74.6 Å². The van der Waals surface area contributed by atoms with Gasteiger partial charge in [-0.3, -0.25) is 9.59 Å². The van der Waals surface area contributed by atoms with Gasteiger partial charge >= 0.3 is 5.97 Å². The van der Waals surface area contributed by atoms with Crippen LogP contribution in [0.25, 0.3) is 0 Å². The van der Waals surface area contributed by atoms with E-state index in [0.29, 0.717) is 12.8 Å². The van der Waals surface area contributed by atoms with Crippen molar-refractivity contribution in [1.29, 1.82) is 0 Å². The quantitative estimate of drug-likeness (QED) is 0.702. The van der Waals surface area contributed by atoms with Crippen molar-refractivity contribution in [3.63, 3.8) is 0 Å². The second-order valence-electron chi connectivity index (χ2n) is 3.99. The van der Waals surface area contributed by atoms with Gasteiger partial charge in [-0.05, 0) is 18.4 Å². The molecule has 0 bridgehead atoms. The highest BCUT2D eigenvalue weighted by Gasteiger charge is 2.13. The van der Waals surface area contributed by atoms with Crippen LogP contribution in [-0.4, -0.2) is 28.1 Å². The maximum absolute atomic E-state index is 11.1. The molecule has 0 aliphatic rings. The molecule has 4 nitrogen and oxygen atoms in total. The third-order valence-corrected chi connectivity index (χ3v) is 2.42. The number of aliphatic hydroxyl groups excluding tert-OH is 1. The lowest BCUT2D eigenvalue weighted by Gasteiger charge is -2.08. The van der Waals surface area contributed by atoms with Crippen molar-refractivity contribution >= 4 is 11.8 Å². The highest BCUT2D eigenvalue weighted by Crippen LogP contribution is 2.08. The molecule has 4 heteroatoms. The van der Waals surface area contributed by atoms with E-state index in [9.17, 15) is 14.7 Å². The zero-order valence-electron chi connectivity index (χ0n) is 9.50. The number of benzene rings is 1. The lowest BCUT2D eigenvalue weighted by Crippen LogP contribution is -2.16. The molecule has 0 aliphatic heterocycles. The fourth-order valence-corrected chi connectivity index (χ4v) is 1.58. The first-order valence-corrected chi connectivity index (χ1v) is 5.53. The number of ketones is 1. The maximum Gasteiger partial charge on any atom is 0.310 e. The number of carbonyl (C=O) groups excluding carboxylic acids is 1. The van der Waals surface area contributed by atoms with E-state index in [-0.39, 0.29) is 6.42 Å². The third kappa shape index (κ3) is 5.82. The minimum atomic E-state index is -1.15. The molecule has 0 radical (unpaired) electrons. The molecule has 17 heavy (non-hydrogen) atoms. The van der Waals surface area contributed by atoms with Crippen LogP contribution in [-0.2, 0) is 16.0 Å². The molecule has 1 unspecified atom stereocenters. The Bertz CT molecular complexity index is 372. The molecule has 0 saturated heterocycles. The Morgan fingerprint density at radius 3 is 2.41 bits per heavy atom. The smallest absolute Gasteiger partial charge is 0.310 e. The van der Waals surface area contributed by atoms with Crippen molar-refractivity contribution in [3.8, 4) is 0 Å². The lowest BCUT2D eigenvalue weighted by molar-refractivity contribution is -0.140. The predicted octanol–water partition coefficient (Wildman–Crippen LogP) is 1.41. The number of Topliss-reactive ketones (excluding diaryl/α,β-unsaturated/α-hetero) is 1. The average molecular weight is 236 g/mol. The summed E-state index contributed by atoms with van der Waals surface area (Å²) in [6.45, 7) is 0. The number of carboxylic acids is 1. The molecule has 2 N–H and O–H groups in total. The summed E-state index contributed by atoms with van der Waals surface area (Å²) < 4.78 is 0. The van der Waals surface area contributed by atoms with Gasteiger partial charge in [-0.2, -0.15) is 0 Å². The maximum atomic E-state index is 11.1. The molecule has 0 spiro atoms. The first-order chi connectivity index (χ1) is 8.08. The van der Waals surface area contributed by atoms with Crippen LogP contribution in [0, 0.1) is 0 Å². The summed E-state index contributed by atoms with van der Waals surface area (Å²) in [5.41, 5.74) is 1.09. The number of aliphatic carboxylic acids is 1. The van der Waals surface area contributed by atoms with Gasteiger partial charge in [0.1, 0.15) is 12.2 Å². The number of rotatable bonds is 7. The molecule has 1 aromatic rings. The molecule has 92 valence electrons. The Morgan fingerprint density at radius 2 is 1.82 bits per heavy atom. The Kier molecular flexibility index (Phi) is 5.36. The summed E-state index contributed by atoms with van der Waals surface area (Å²) in [4.78, 5) is 21.4. The van der Waals surface area contributed by atoms with Crippen LogP contribution < -0.4 is 0 Å². The van der Waals surface area contributed by atoms with Crippen molar-refractivity contribution in [2.24, 2.45) is 0 Å². The van der Waals surface area contributed by atoms with Crippen molar-refractivity contribution < 1.29 is 19.8 Å². The van der Waals surface area contributed by atoms with E-state index in [0.717, 1.165) is 5.56 Å². The number of carboxylic acid groups (broad SMARTS) is 1. The molecule has 0 amide bonds. The number of hydrogen-bond donors (Lipinski definition) is 2. The fraction of sp³-hybridized carbons (Fsp3) is 0.385. The molecule has 1 atom stereocenters. The summed E-state index contributed by atoms with van der Waals surface area (Å²) in [7, 11) is 0. The highest BCUT2D eigenvalue weighted by molar-refractivity contribution is 5.94. The van der Waals surface area contributed by atoms with Gasteiger partial charge in [0.25, 0.3) is 0 Å².